The van der Waals surface area contributed by atoms with Crippen molar-refractivity contribution < 1.29 is 124 Å². The summed E-state index contributed by atoms with van der Waals surface area (Å²) >= 11 is 0. The summed E-state index contributed by atoms with van der Waals surface area (Å²) in [6.07, 6.45) is 26.8. The number of rotatable bonds is 68. The molecule has 1 heterocycles. The highest BCUT2D eigenvalue weighted by molar-refractivity contribution is 5.91. The highest BCUT2D eigenvalue weighted by Crippen LogP contribution is 2.35. The fourth-order valence-electron chi connectivity index (χ4n) is 13.3. The lowest BCUT2D eigenvalue weighted by atomic mass is 9.82. The van der Waals surface area contributed by atoms with E-state index >= 15 is 0 Å². The summed E-state index contributed by atoms with van der Waals surface area (Å²) in [5, 5.41) is 0. The monoisotopic (exact) mass is 1690 g/mol. The molecular weight excluding hydrogens is 1560 g/mol. The van der Waals surface area contributed by atoms with E-state index < -0.39 is 17.9 Å². The zero-order valence-electron chi connectivity index (χ0n) is 72.0. The van der Waals surface area contributed by atoms with Gasteiger partial charge in [-0.05, 0) is 279 Å². The molecule has 0 atom stereocenters. The Bertz CT molecular complexity index is 3610. The fourth-order valence-corrected chi connectivity index (χ4v) is 13.3. The highest BCUT2D eigenvalue weighted by atomic mass is 16.6. The largest absolute Gasteiger partial charge is 0.490 e. The Balaban J connectivity index is 0.712. The van der Waals surface area contributed by atoms with Gasteiger partial charge in [-0.2, -0.15) is 0 Å². The van der Waals surface area contributed by atoms with E-state index in [1.165, 1.54) is 0 Å². The Hall–Kier alpha value is -9.88. The van der Waals surface area contributed by atoms with Gasteiger partial charge in [-0.1, -0.05) is 61.2 Å². The van der Waals surface area contributed by atoms with E-state index in [-0.39, 0.29) is 158 Å². The quantitative estimate of drug-likeness (QED) is 0.0166. The fraction of sp³-hybridized carbons (Fsp3) is 0.621. The minimum absolute atomic E-state index is 0.116. The third kappa shape index (κ3) is 49.6. The lowest BCUT2D eigenvalue weighted by molar-refractivity contribution is -0.151. The molecule has 121 heavy (non-hydrogen) atoms. The number of ether oxygens (including phenoxy) is 14. The molecule has 0 unspecified atom stereocenters. The number of carbonyl (C=O) groups excluding carboxylic acids is 12. The van der Waals surface area contributed by atoms with Crippen LogP contribution in [-0.4, -0.2) is 150 Å². The second-order valence-corrected chi connectivity index (χ2v) is 30.7. The number of unbranched alkanes of at least 4 members (excludes halogenated alkanes) is 20. The van der Waals surface area contributed by atoms with Crippen molar-refractivity contribution in [1.29, 1.82) is 0 Å². The summed E-state index contributed by atoms with van der Waals surface area (Å²) in [7, 11) is 0. The van der Waals surface area contributed by atoms with Crippen LogP contribution in [0.5, 0.6) is 5.75 Å². The van der Waals surface area contributed by atoms with Crippen LogP contribution in [0.25, 0.3) is 11.1 Å². The Morgan fingerprint density at radius 2 is 0.661 bits per heavy atom. The number of benzene rings is 3. The number of esters is 12. The van der Waals surface area contributed by atoms with Gasteiger partial charge in [0.1, 0.15) is 24.2 Å². The molecule has 1 saturated carbocycles. The zero-order chi connectivity index (χ0) is 87.0. The van der Waals surface area contributed by atoms with Crippen molar-refractivity contribution in [3.8, 4) is 16.9 Å². The van der Waals surface area contributed by atoms with Gasteiger partial charge in [0, 0.05) is 75.9 Å². The van der Waals surface area contributed by atoms with Crippen LogP contribution in [0.4, 0.5) is 0 Å². The summed E-state index contributed by atoms with van der Waals surface area (Å²) in [5.41, 5.74) is 4.45. The van der Waals surface area contributed by atoms with E-state index in [1.54, 1.807) is 12.1 Å². The maximum absolute atomic E-state index is 13.0. The minimum atomic E-state index is -0.458. The molecule has 2 aliphatic rings. The maximum Gasteiger partial charge on any atom is 0.343 e. The van der Waals surface area contributed by atoms with Crippen molar-refractivity contribution >= 4 is 71.6 Å². The molecular formula is C95H134O26. The van der Waals surface area contributed by atoms with Gasteiger partial charge >= 0.3 is 71.6 Å². The molecule has 0 N–H and O–H groups in total. The molecule has 670 valence electrons. The average molecular weight is 1690 g/mol. The molecule has 0 spiro atoms. The van der Waals surface area contributed by atoms with Crippen molar-refractivity contribution in [2.24, 2.45) is 0 Å². The summed E-state index contributed by atoms with van der Waals surface area (Å²) < 4.78 is 76.6. The topological polar surface area (TPSA) is 334 Å². The van der Waals surface area contributed by atoms with Gasteiger partial charge in [0.15, 0.2) is 11.5 Å². The molecule has 0 aromatic heterocycles. The van der Waals surface area contributed by atoms with Crippen molar-refractivity contribution in [1.82, 2.24) is 0 Å². The Morgan fingerprint density at radius 1 is 0.339 bits per heavy atom. The molecule has 3 aromatic rings. The summed E-state index contributed by atoms with van der Waals surface area (Å²) in [4.78, 5) is 147. The van der Waals surface area contributed by atoms with Crippen LogP contribution < -0.4 is 4.74 Å². The van der Waals surface area contributed by atoms with Crippen molar-refractivity contribution in [3.63, 3.8) is 0 Å². The third-order valence-electron chi connectivity index (χ3n) is 20.6. The van der Waals surface area contributed by atoms with Crippen LogP contribution in [0.15, 0.2) is 114 Å². The van der Waals surface area contributed by atoms with Gasteiger partial charge in [0.05, 0.1) is 71.6 Å². The van der Waals surface area contributed by atoms with Gasteiger partial charge in [-0.3, -0.25) is 47.9 Å². The molecule has 1 aliphatic heterocycles. The van der Waals surface area contributed by atoms with E-state index in [0.717, 1.165) is 74.1 Å². The van der Waals surface area contributed by atoms with Crippen LogP contribution in [-0.2, 0) is 114 Å². The lowest BCUT2D eigenvalue weighted by Crippen LogP contribution is -2.23. The van der Waals surface area contributed by atoms with E-state index in [0.29, 0.717) is 246 Å². The number of hydrogen-bond acceptors (Lipinski definition) is 26. The van der Waals surface area contributed by atoms with Gasteiger partial charge in [-0.15, -0.1) is 0 Å². The Morgan fingerprint density at radius 3 is 1.02 bits per heavy atom. The molecule has 0 amide bonds. The first-order valence-electron chi connectivity index (χ1n) is 44.4. The maximum atomic E-state index is 13.0. The number of allylic oxidation sites excluding steroid dienone is 2. The molecule has 0 bridgehead atoms. The zero-order valence-corrected chi connectivity index (χ0v) is 72.0. The van der Waals surface area contributed by atoms with E-state index in [2.05, 4.69) is 6.58 Å². The molecule has 5 rings (SSSR count). The van der Waals surface area contributed by atoms with Gasteiger partial charge in [0.2, 0.25) is 0 Å². The molecule has 26 heteroatoms. The van der Waals surface area contributed by atoms with Crippen LogP contribution in [0.1, 0.15) is 318 Å². The summed E-state index contributed by atoms with van der Waals surface area (Å²) in [5.74, 6) is -1.48. The minimum Gasteiger partial charge on any atom is -0.490 e. The summed E-state index contributed by atoms with van der Waals surface area (Å²) in [6, 6.07) is 25.1. The van der Waals surface area contributed by atoms with Crippen LogP contribution >= 0.6 is 0 Å². The Kier molecular flexibility index (Phi) is 54.6. The van der Waals surface area contributed by atoms with Gasteiger partial charge in [0.25, 0.3) is 0 Å². The number of hydrogen-bond donors (Lipinski definition) is 0. The normalized spacial score (nSPS) is 13.6. The van der Waals surface area contributed by atoms with Gasteiger partial charge < -0.3 is 66.3 Å². The molecule has 1 aliphatic carbocycles. The first-order chi connectivity index (χ1) is 58.8. The standard InChI is InChI=1S/C95H134O26/c1-4-83(96)109-63-29-6-18-40-84(97)110-64-30-7-19-41-85(98)111-65-31-8-20-42-86(99)112-66-32-9-21-43-87(100)113-67-33-10-22-44-88(101)114-68-34-11-23-45-89(102)115-69-35-12-24-46-90(103)116-70-36-13-25-47-91(104)117-71-37-15-27-49-93(106)121-94-73(2)74(3)118-72-82(94)108-62-28-14-26-48-92(105)119-80-58-54-78(55-59-80)76-50-52-79(53-51-76)95(107)120-81-60-56-77(57-61-81)75-38-16-5-17-39-75/h4-5,16-17,38-39,50-53,56-57,60-61,78,80H,1,6-15,18-37,40-49,54-55,58-59,62-72H2,2-3H3/t78-,80-. The smallest absolute Gasteiger partial charge is 0.343 e. The molecule has 3 aromatic carbocycles. The highest BCUT2D eigenvalue weighted by Gasteiger charge is 2.27. The van der Waals surface area contributed by atoms with E-state index in [1.807, 2.05) is 80.6 Å². The Labute approximate surface area is 715 Å². The van der Waals surface area contributed by atoms with E-state index in [9.17, 15) is 57.5 Å². The van der Waals surface area contributed by atoms with Crippen molar-refractivity contribution in [2.75, 3.05) is 72.7 Å². The molecule has 0 radical (unpaired) electrons. The SMILES string of the molecule is C=CC(=O)OCCCCCC(=O)OCCCCCC(=O)OCCCCCC(=O)OCCCCCC(=O)OCCCCCC(=O)OCCCCCC(=O)OCCCCCC(=O)OCCCCCC(=O)OCCCCCC(=O)OC1=C(OCCCCCC(=O)O[C@H]2CC[C@H](c3ccc(C(=O)Oc4ccc(-c5ccccc5)cc4)cc3)CC2)COC(C)=C1C. The van der Waals surface area contributed by atoms with Crippen LogP contribution in [0.2, 0.25) is 0 Å². The predicted molar refractivity (Wildman–Crippen MR) is 451 cm³/mol. The first kappa shape index (κ1) is 102. The average Bonchev–Trinajstić information content (AvgIpc) is 0.872. The molecule has 26 nitrogen and oxygen atoms in total. The second-order valence-electron chi connectivity index (χ2n) is 30.7. The molecule has 0 saturated heterocycles. The summed E-state index contributed by atoms with van der Waals surface area (Å²) in [6.45, 7) is 9.97. The second kappa shape index (κ2) is 64.9. The first-order valence-corrected chi connectivity index (χ1v) is 44.4. The predicted octanol–water partition coefficient (Wildman–Crippen LogP) is 18.9. The lowest BCUT2D eigenvalue weighted by Gasteiger charge is -2.28. The van der Waals surface area contributed by atoms with Gasteiger partial charge in [-0.25, -0.2) is 9.59 Å². The van der Waals surface area contributed by atoms with E-state index in [4.69, 9.17) is 66.3 Å². The number of carbonyl (C=O) groups is 12. The van der Waals surface area contributed by atoms with Crippen molar-refractivity contribution in [3.05, 3.63) is 125 Å². The molecule has 1 fully saturated rings. The van der Waals surface area contributed by atoms with Crippen LogP contribution in [0.3, 0.4) is 0 Å². The van der Waals surface area contributed by atoms with Crippen LogP contribution in [0, 0.1) is 0 Å². The van der Waals surface area contributed by atoms with Crippen molar-refractivity contribution in [2.45, 2.75) is 308 Å². The third-order valence-corrected chi connectivity index (χ3v) is 20.6.